The van der Waals surface area contributed by atoms with Crippen molar-refractivity contribution < 1.29 is 18.0 Å². The van der Waals surface area contributed by atoms with E-state index in [1.807, 2.05) is 30.3 Å². The molecule has 0 amide bonds. The molecular formula is C22H17Cl2F3O. The van der Waals surface area contributed by atoms with Crippen molar-refractivity contribution >= 4 is 29.0 Å². The molecule has 0 N–H and O–H groups in total. The minimum Gasteiger partial charge on any atom is -0.294 e. The van der Waals surface area contributed by atoms with Gasteiger partial charge in [-0.3, -0.25) is 4.79 Å². The third-order valence-electron chi connectivity index (χ3n) is 3.99. The van der Waals surface area contributed by atoms with Gasteiger partial charge < -0.3 is 0 Å². The summed E-state index contributed by atoms with van der Waals surface area (Å²) in [5.74, 6) is -0.576. The van der Waals surface area contributed by atoms with Crippen molar-refractivity contribution in [1.29, 1.82) is 0 Å². The number of alkyl halides is 3. The summed E-state index contributed by atoms with van der Waals surface area (Å²) in [6.07, 6.45) is -4.46. The minimum absolute atomic E-state index is 0.282. The molecule has 0 atom stereocenters. The van der Waals surface area contributed by atoms with Gasteiger partial charge in [-0.15, -0.1) is 0 Å². The van der Waals surface area contributed by atoms with E-state index in [2.05, 4.69) is 19.1 Å². The van der Waals surface area contributed by atoms with Crippen LogP contribution in [0.4, 0.5) is 13.2 Å². The zero-order valence-corrected chi connectivity index (χ0v) is 16.7. The van der Waals surface area contributed by atoms with E-state index >= 15 is 0 Å². The highest BCUT2D eigenvalue weighted by Crippen LogP contribution is 2.32. The van der Waals surface area contributed by atoms with Gasteiger partial charge in [-0.2, -0.15) is 13.2 Å². The zero-order valence-electron chi connectivity index (χ0n) is 15.1. The fourth-order valence-electron chi connectivity index (χ4n) is 2.60. The number of benzene rings is 3. The van der Waals surface area contributed by atoms with E-state index in [-0.39, 0.29) is 5.56 Å². The fraction of sp³-hybridized carbons (Fsp3) is 0.136. The summed E-state index contributed by atoms with van der Waals surface area (Å²) in [5.41, 5.74) is 2.37. The predicted octanol–water partition coefficient (Wildman–Crippen LogP) is 7.88. The maximum atomic E-state index is 12.3. The highest BCUT2D eigenvalue weighted by atomic mass is 35.5. The van der Waals surface area contributed by atoms with E-state index in [9.17, 15) is 18.0 Å². The average molecular weight is 425 g/mol. The Morgan fingerprint density at radius 1 is 0.857 bits per heavy atom. The zero-order chi connectivity index (χ0) is 20.9. The normalized spacial score (nSPS) is 10.8. The summed E-state index contributed by atoms with van der Waals surface area (Å²) in [6, 6.07) is 18.6. The van der Waals surface area contributed by atoms with Crippen LogP contribution in [-0.4, -0.2) is 5.78 Å². The van der Waals surface area contributed by atoms with Crippen LogP contribution in [-0.2, 0) is 6.18 Å². The largest absolute Gasteiger partial charge is 0.417 e. The summed E-state index contributed by atoms with van der Waals surface area (Å²) < 4.78 is 36.8. The van der Waals surface area contributed by atoms with Crippen LogP contribution in [0.3, 0.4) is 0 Å². The lowest BCUT2D eigenvalue weighted by Gasteiger charge is -2.09. The number of halogens is 5. The number of carbonyl (C=O) groups excluding carboxylic acids is 1. The van der Waals surface area contributed by atoms with Crippen LogP contribution >= 0.6 is 23.2 Å². The van der Waals surface area contributed by atoms with Crippen molar-refractivity contribution in [3.05, 3.63) is 93.5 Å². The number of hydrogen-bond acceptors (Lipinski definition) is 1. The smallest absolute Gasteiger partial charge is 0.294 e. The van der Waals surface area contributed by atoms with Gasteiger partial charge in [0.2, 0.25) is 0 Å². The molecule has 1 nitrogen and oxygen atoms in total. The lowest BCUT2D eigenvalue weighted by molar-refractivity contribution is -0.137. The fourth-order valence-corrected chi connectivity index (χ4v) is 2.90. The van der Waals surface area contributed by atoms with E-state index in [0.717, 1.165) is 18.6 Å². The van der Waals surface area contributed by atoms with Gasteiger partial charge >= 0.3 is 6.18 Å². The lowest BCUT2D eigenvalue weighted by atomic mass is 10.0. The monoisotopic (exact) mass is 424 g/mol. The van der Waals surface area contributed by atoms with Gasteiger partial charge in [0.25, 0.3) is 0 Å². The first kappa shape index (κ1) is 22.0. The van der Waals surface area contributed by atoms with Gasteiger partial charge in [-0.1, -0.05) is 71.7 Å². The van der Waals surface area contributed by atoms with Crippen LogP contribution in [0.25, 0.3) is 11.1 Å². The van der Waals surface area contributed by atoms with Crippen molar-refractivity contribution in [1.82, 2.24) is 0 Å². The molecule has 0 spiro atoms. The molecule has 3 aromatic rings. The second-order valence-electron chi connectivity index (χ2n) is 6.04. The molecule has 0 aromatic heterocycles. The lowest BCUT2D eigenvalue weighted by Crippen LogP contribution is -2.11. The second-order valence-corrected chi connectivity index (χ2v) is 6.86. The summed E-state index contributed by atoms with van der Waals surface area (Å²) in [7, 11) is 0. The molecule has 0 saturated carbocycles. The molecule has 0 aliphatic heterocycles. The van der Waals surface area contributed by atoms with Crippen molar-refractivity contribution in [2.75, 3.05) is 0 Å². The first-order valence-electron chi connectivity index (χ1n) is 8.29. The molecule has 0 fully saturated rings. The van der Waals surface area contributed by atoms with Crippen LogP contribution in [0.1, 0.15) is 28.4 Å². The van der Waals surface area contributed by atoms with Crippen LogP contribution in [0.2, 0.25) is 10.0 Å². The Morgan fingerprint density at radius 2 is 1.46 bits per heavy atom. The molecule has 0 aliphatic carbocycles. The maximum absolute atomic E-state index is 12.3. The van der Waals surface area contributed by atoms with Gasteiger partial charge in [0.05, 0.1) is 15.6 Å². The Morgan fingerprint density at radius 3 is 2.00 bits per heavy atom. The van der Waals surface area contributed by atoms with Gasteiger partial charge in [-0.05, 0) is 48.7 Å². The van der Waals surface area contributed by atoms with Gasteiger partial charge in [0, 0.05) is 5.56 Å². The average Bonchev–Trinajstić information content (AvgIpc) is 2.64. The first-order chi connectivity index (χ1) is 13.1. The third kappa shape index (κ3) is 5.60. The summed E-state index contributed by atoms with van der Waals surface area (Å²) in [4.78, 5) is 10.8. The Kier molecular flexibility index (Phi) is 7.28. The molecule has 0 heterocycles. The highest BCUT2D eigenvalue weighted by Gasteiger charge is 2.33. The summed E-state index contributed by atoms with van der Waals surface area (Å²) in [6.45, 7) is 3.20. The number of Topliss-reactive ketones (excluding diaryl/α,β-unsaturated/α-hetero) is 1. The number of aryl methyl sites for hydroxylation is 1. The molecule has 3 rings (SSSR count). The quantitative estimate of drug-likeness (QED) is 0.382. The highest BCUT2D eigenvalue weighted by molar-refractivity contribution is 6.42. The summed E-state index contributed by atoms with van der Waals surface area (Å²) in [5, 5.41) is 1.19. The van der Waals surface area contributed by atoms with Crippen LogP contribution in [0, 0.1) is 6.92 Å². The molecule has 28 heavy (non-hydrogen) atoms. The number of rotatable bonds is 2. The predicted molar refractivity (Wildman–Crippen MR) is 108 cm³/mol. The standard InChI is InChI=1S/C13H10Cl2.C9H7F3O/c1-9-4-2-3-5-11(9)10-6-7-12(14)13(15)8-10;1-6(13)7-4-2-3-5-8(7)9(10,11)12/h2-8H,1H3;2-5H,1H3. The SMILES string of the molecule is CC(=O)c1ccccc1C(F)(F)F.Cc1ccccc1-c1ccc(Cl)c(Cl)c1. The molecular weight excluding hydrogens is 408 g/mol. The van der Waals surface area contributed by atoms with E-state index in [1.54, 1.807) is 0 Å². The molecule has 0 saturated heterocycles. The van der Waals surface area contributed by atoms with Crippen molar-refractivity contribution in [2.45, 2.75) is 20.0 Å². The van der Waals surface area contributed by atoms with E-state index in [4.69, 9.17) is 23.2 Å². The van der Waals surface area contributed by atoms with Crippen LogP contribution in [0.15, 0.2) is 66.7 Å². The van der Waals surface area contributed by atoms with E-state index < -0.39 is 17.5 Å². The molecule has 0 unspecified atom stereocenters. The maximum Gasteiger partial charge on any atom is 0.417 e. The minimum atomic E-state index is -4.46. The van der Waals surface area contributed by atoms with Crippen molar-refractivity contribution in [3.63, 3.8) is 0 Å². The molecule has 0 radical (unpaired) electrons. The number of ketones is 1. The van der Waals surface area contributed by atoms with Crippen LogP contribution < -0.4 is 0 Å². The Labute approximate surface area is 171 Å². The van der Waals surface area contributed by atoms with Crippen molar-refractivity contribution in [2.24, 2.45) is 0 Å². The van der Waals surface area contributed by atoms with E-state index in [1.165, 1.54) is 29.3 Å². The molecule has 6 heteroatoms. The number of carbonyl (C=O) groups is 1. The Hall–Kier alpha value is -2.30. The van der Waals surface area contributed by atoms with Gasteiger partial charge in [0.1, 0.15) is 0 Å². The van der Waals surface area contributed by atoms with Gasteiger partial charge in [-0.25, -0.2) is 0 Å². The van der Waals surface area contributed by atoms with Gasteiger partial charge in [0.15, 0.2) is 5.78 Å². The second kappa shape index (κ2) is 9.26. The van der Waals surface area contributed by atoms with Crippen molar-refractivity contribution in [3.8, 4) is 11.1 Å². The topological polar surface area (TPSA) is 17.1 Å². The first-order valence-corrected chi connectivity index (χ1v) is 9.05. The number of hydrogen-bond donors (Lipinski definition) is 0. The Balaban J connectivity index is 0.000000203. The summed E-state index contributed by atoms with van der Waals surface area (Å²) >= 11 is 11.9. The Bertz CT molecular complexity index is 982. The third-order valence-corrected chi connectivity index (χ3v) is 4.73. The van der Waals surface area contributed by atoms with Crippen LogP contribution in [0.5, 0.6) is 0 Å². The molecule has 146 valence electrons. The molecule has 3 aromatic carbocycles. The van der Waals surface area contributed by atoms with E-state index in [0.29, 0.717) is 10.0 Å². The molecule has 0 aliphatic rings. The molecule has 0 bridgehead atoms.